The van der Waals surface area contributed by atoms with Crippen molar-refractivity contribution in [2.75, 3.05) is 18.5 Å². The van der Waals surface area contributed by atoms with Gasteiger partial charge in [-0.1, -0.05) is 64.1 Å². The van der Waals surface area contributed by atoms with E-state index in [1.165, 1.54) is 0 Å². The number of hydrogen-bond acceptors (Lipinski definition) is 5. The van der Waals surface area contributed by atoms with Gasteiger partial charge in [0.25, 0.3) is 17.7 Å². The van der Waals surface area contributed by atoms with E-state index in [1.54, 1.807) is 25.1 Å². The zero-order valence-corrected chi connectivity index (χ0v) is 20.0. The zero-order valence-electron chi connectivity index (χ0n) is 16.2. The van der Waals surface area contributed by atoms with Gasteiger partial charge in [0.1, 0.15) is 0 Å². The van der Waals surface area contributed by atoms with Gasteiger partial charge in [-0.2, -0.15) is 0 Å². The largest absolute Gasteiger partial charge is 0.456 e. The minimum atomic E-state index is -0.798. The van der Waals surface area contributed by atoms with Crippen molar-refractivity contribution in [2.24, 2.45) is 0 Å². The molecule has 0 fully saturated rings. The maximum absolute atomic E-state index is 12.6. The number of imide groups is 1. The number of benzene rings is 2. The van der Waals surface area contributed by atoms with Gasteiger partial charge in [-0.15, -0.1) is 0 Å². The number of fused-ring (bicyclic) bond motifs is 1. The van der Waals surface area contributed by atoms with E-state index in [2.05, 4.69) is 5.32 Å². The van der Waals surface area contributed by atoms with Gasteiger partial charge in [-0.05, 0) is 24.6 Å². The van der Waals surface area contributed by atoms with E-state index >= 15 is 0 Å². The number of hydrogen-bond donors (Lipinski definition) is 1. The number of nitrogens with one attached hydrogen (secondary N) is 1. The molecule has 0 atom stereocenters. The van der Waals surface area contributed by atoms with Crippen molar-refractivity contribution < 1.29 is 23.9 Å². The zero-order chi connectivity index (χ0) is 23.7. The van der Waals surface area contributed by atoms with Gasteiger partial charge in [-0.3, -0.25) is 24.1 Å². The van der Waals surface area contributed by atoms with E-state index in [0.29, 0.717) is 10.7 Å². The molecule has 0 saturated carbocycles. The summed E-state index contributed by atoms with van der Waals surface area (Å²) in [5, 5.41) is 2.31. The highest BCUT2D eigenvalue weighted by molar-refractivity contribution is 6.55. The summed E-state index contributed by atoms with van der Waals surface area (Å²) in [5.41, 5.74) is 0.897. The number of ether oxygens (including phenoxy) is 1. The predicted octanol–water partition coefficient (Wildman–Crippen LogP) is 5.43. The third-order valence-corrected chi connectivity index (χ3v) is 6.60. The van der Waals surface area contributed by atoms with Crippen LogP contribution >= 0.6 is 58.0 Å². The van der Waals surface area contributed by atoms with Crippen molar-refractivity contribution in [3.8, 4) is 0 Å². The van der Waals surface area contributed by atoms with Crippen LogP contribution in [0.4, 0.5) is 5.69 Å². The van der Waals surface area contributed by atoms with Gasteiger partial charge in [0.2, 0.25) is 0 Å². The Labute approximate surface area is 207 Å². The van der Waals surface area contributed by atoms with Gasteiger partial charge >= 0.3 is 5.97 Å². The van der Waals surface area contributed by atoms with Crippen LogP contribution in [0.25, 0.3) is 0 Å². The summed E-state index contributed by atoms with van der Waals surface area (Å²) in [6.07, 6.45) is -0.356. The number of rotatable bonds is 6. The second-order valence-electron chi connectivity index (χ2n) is 6.69. The highest BCUT2D eigenvalue weighted by Crippen LogP contribution is 2.44. The van der Waals surface area contributed by atoms with Crippen LogP contribution in [0.2, 0.25) is 25.1 Å². The fraction of sp³-hybridized carbons (Fsp3) is 0.200. The number of amides is 3. The van der Waals surface area contributed by atoms with Crippen molar-refractivity contribution in [2.45, 2.75) is 13.3 Å². The summed E-state index contributed by atoms with van der Waals surface area (Å²) in [7, 11) is 0. The molecular formula is C20H13Cl5N2O5. The molecule has 3 amide bonds. The Balaban J connectivity index is 1.58. The molecule has 7 nitrogen and oxygen atoms in total. The SMILES string of the molecule is Cc1ccc(Cl)cc1NC(=O)COC(=O)CCN1C(=O)c2c(Cl)c(Cl)c(Cl)c(Cl)c2C1=O. The lowest BCUT2D eigenvalue weighted by Gasteiger charge is -2.13. The van der Waals surface area contributed by atoms with Crippen LogP contribution in [-0.2, 0) is 14.3 Å². The number of halogens is 5. The Morgan fingerprint density at radius 1 is 0.938 bits per heavy atom. The van der Waals surface area contributed by atoms with Crippen LogP contribution in [0.5, 0.6) is 0 Å². The Morgan fingerprint density at radius 2 is 1.50 bits per heavy atom. The maximum Gasteiger partial charge on any atom is 0.308 e. The van der Waals surface area contributed by atoms with Crippen LogP contribution in [0.1, 0.15) is 32.7 Å². The molecule has 1 aliphatic heterocycles. The molecule has 2 aromatic rings. The molecule has 3 rings (SSSR count). The second kappa shape index (κ2) is 9.85. The molecular weight excluding hydrogens is 525 g/mol. The summed E-state index contributed by atoms with van der Waals surface area (Å²) < 4.78 is 4.91. The summed E-state index contributed by atoms with van der Waals surface area (Å²) in [5.74, 6) is -2.91. The standard InChI is InChI=1S/C20H13Cl5N2O5/c1-8-2-3-9(21)6-10(8)26-11(28)7-32-12(29)4-5-27-19(30)13-14(20(27)31)16(23)18(25)17(24)15(13)22/h2-3,6H,4-5,7H2,1H3,(H,26,28). The molecule has 1 heterocycles. The van der Waals surface area contributed by atoms with Crippen LogP contribution in [0.15, 0.2) is 18.2 Å². The number of aryl methyl sites for hydroxylation is 1. The summed E-state index contributed by atoms with van der Waals surface area (Å²) in [4.78, 5) is 50.1. The maximum atomic E-state index is 12.6. The van der Waals surface area contributed by atoms with Crippen molar-refractivity contribution >= 4 is 87.4 Å². The minimum absolute atomic E-state index is 0.152. The molecule has 0 bridgehead atoms. The lowest BCUT2D eigenvalue weighted by atomic mass is 10.1. The number of nitrogens with zero attached hydrogens (tertiary/aromatic N) is 1. The third kappa shape index (κ3) is 4.82. The smallest absolute Gasteiger partial charge is 0.308 e. The molecule has 0 unspecified atom stereocenters. The molecule has 12 heteroatoms. The quantitative estimate of drug-likeness (QED) is 0.229. The van der Waals surface area contributed by atoms with Crippen LogP contribution < -0.4 is 5.32 Å². The first-order valence-corrected chi connectivity index (χ1v) is 10.9. The number of esters is 1. The molecule has 0 aliphatic carbocycles. The fourth-order valence-electron chi connectivity index (χ4n) is 2.94. The van der Waals surface area contributed by atoms with E-state index in [-0.39, 0.29) is 44.2 Å². The first kappa shape index (κ1) is 24.6. The highest BCUT2D eigenvalue weighted by atomic mass is 35.5. The lowest BCUT2D eigenvalue weighted by Crippen LogP contribution is -2.32. The van der Waals surface area contributed by atoms with Crippen molar-refractivity contribution in [1.82, 2.24) is 4.90 Å². The van der Waals surface area contributed by atoms with E-state index in [0.717, 1.165) is 10.5 Å². The molecule has 0 radical (unpaired) electrons. The highest BCUT2D eigenvalue weighted by Gasteiger charge is 2.41. The fourth-order valence-corrected chi connectivity index (χ4v) is 4.12. The number of carbonyl (C=O) groups is 4. The molecule has 0 aromatic heterocycles. The molecule has 1 aliphatic rings. The van der Waals surface area contributed by atoms with E-state index in [1.807, 2.05) is 0 Å². The van der Waals surface area contributed by atoms with Crippen molar-refractivity contribution in [1.29, 1.82) is 0 Å². The van der Waals surface area contributed by atoms with Gasteiger partial charge in [0, 0.05) is 17.3 Å². The van der Waals surface area contributed by atoms with Gasteiger partial charge in [0.05, 0.1) is 37.6 Å². The minimum Gasteiger partial charge on any atom is -0.456 e. The van der Waals surface area contributed by atoms with E-state index in [4.69, 9.17) is 62.7 Å². The summed E-state index contributed by atoms with van der Waals surface area (Å²) >= 11 is 29.9. The van der Waals surface area contributed by atoms with Crippen molar-refractivity contribution in [3.63, 3.8) is 0 Å². The van der Waals surface area contributed by atoms with Crippen molar-refractivity contribution in [3.05, 3.63) is 60.0 Å². The Bertz CT molecular complexity index is 1120. The summed E-state index contributed by atoms with van der Waals surface area (Å²) in [6, 6.07) is 4.96. The summed E-state index contributed by atoms with van der Waals surface area (Å²) in [6.45, 7) is 0.900. The number of anilines is 1. The average molecular weight is 539 g/mol. The second-order valence-corrected chi connectivity index (χ2v) is 8.63. The Hall–Kier alpha value is -2.03. The first-order chi connectivity index (χ1) is 15.0. The van der Waals surface area contributed by atoms with Crippen LogP contribution in [0, 0.1) is 6.92 Å². The monoisotopic (exact) mass is 536 g/mol. The topological polar surface area (TPSA) is 92.8 Å². The first-order valence-electron chi connectivity index (χ1n) is 8.96. The third-order valence-electron chi connectivity index (χ3n) is 4.56. The van der Waals surface area contributed by atoms with Crippen LogP contribution in [0.3, 0.4) is 0 Å². The number of carbonyl (C=O) groups excluding carboxylic acids is 4. The molecule has 0 saturated heterocycles. The van der Waals surface area contributed by atoms with Gasteiger partial charge in [-0.25, -0.2) is 0 Å². The average Bonchev–Trinajstić information content (AvgIpc) is 3.00. The van der Waals surface area contributed by atoms with Gasteiger partial charge in [0.15, 0.2) is 6.61 Å². The Kier molecular flexibility index (Phi) is 7.57. The van der Waals surface area contributed by atoms with Crippen LogP contribution in [-0.4, -0.2) is 41.7 Å². The Morgan fingerprint density at radius 3 is 2.06 bits per heavy atom. The predicted molar refractivity (Wildman–Crippen MR) is 122 cm³/mol. The molecule has 32 heavy (non-hydrogen) atoms. The van der Waals surface area contributed by atoms with E-state index in [9.17, 15) is 19.2 Å². The molecule has 168 valence electrons. The molecule has 1 N–H and O–H groups in total. The lowest BCUT2D eigenvalue weighted by molar-refractivity contribution is -0.147. The van der Waals surface area contributed by atoms with Gasteiger partial charge < -0.3 is 10.1 Å². The molecule has 2 aromatic carbocycles. The normalized spacial score (nSPS) is 12.8. The van der Waals surface area contributed by atoms with E-state index < -0.39 is 30.3 Å². The molecule has 0 spiro atoms.